The van der Waals surface area contributed by atoms with E-state index in [4.69, 9.17) is 5.11 Å². The Morgan fingerprint density at radius 3 is 2.88 bits per heavy atom. The van der Waals surface area contributed by atoms with Crippen LogP contribution in [0.15, 0.2) is 17.2 Å². The van der Waals surface area contributed by atoms with Gasteiger partial charge in [0.2, 0.25) is 0 Å². The van der Waals surface area contributed by atoms with Gasteiger partial charge in [-0.15, -0.1) is 11.8 Å². The van der Waals surface area contributed by atoms with Crippen molar-refractivity contribution >= 4 is 23.3 Å². The highest BCUT2D eigenvalue weighted by Crippen LogP contribution is 2.27. The molecule has 1 unspecified atom stereocenters. The van der Waals surface area contributed by atoms with Gasteiger partial charge in [-0.05, 0) is 6.92 Å². The van der Waals surface area contributed by atoms with Crippen molar-refractivity contribution < 1.29 is 10.0 Å². The zero-order valence-corrected chi connectivity index (χ0v) is 10.5. The highest BCUT2D eigenvalue weighted by atomic mass is 32.2. The van der Waals surface area contributed by atoms with Crippen LogP contribution in [0.25, 0.3) is 0 Å². The van der Waals surface area contributed by atoms with E-state index in [1.54, 1.807) is 0 Å². The molecule has 7 heteroatoms. The van der Waals surface area contributed by atoms with Gasteiger partial charge in [0.25, 0.3) is 5.69 Å². The molecule has 0 aliphatic rings. The summed E-state index contributed by atoms with van der Waals surface area (Å²) < 4.78 is 0. The van der Waals surface area contributed by atoms with E-state index in [1.165, 1.54) is 23.9 Å². The van der Waals surface area contributed by atoms with Crippen molar-refractivity contribution in [1.82, 2.24) is 4.98 Å². The monoisotopic (exact) mass is 257 g/mol. The second-order valence-corrected chi connectivity index (χ2v) is 4.91. The number of aliphatic hydroxyl groups is 1. The summed E-state index contributed by atoms with van der Waals surface area (Å²) in [5, 5.41) is 23.1. The fraction of sp³-hybridized carbons (Fsp3) is 0.500. The van der Waals surface area contributed by atoms with Crippen LogP contribution < -0.4 is 5.32 Å². The van der Waals surface area contributed by atoms with Crippen molar-refractivity contribution in [3.05, 3.63) is 22.2 Å². The van der Waals surface area contributed by atoms with Gasteiger partial charge >= 0.3 is 0 Å². The molecule has 0 spiro atoms. The number of pyridine rings is 1. The SMILES string of the molecule is CCNc1cc([N+](=O)[O-])cc(SC(C)CO)n1. The van der Waals surface area contributed by atoms with Gasteiger partial charge in [0.05, 0.1) is 17.6 Å². The quantitative estimate of drug-likeness (QED) is 0.459. The van der Waals surface area contributed by atoms with E-state index in [9.17, 15) is 10.1 Å². The lowest BCUT2D eigenvalue weighted by Crippen LogP contribution is -2.05. The summed E-state index contributed by atoms with van der Waals surface area (Å²) >= 11 is 1.31. The predicted molar refractivity (Wildman–Crippen MR) is 67.5 cm³/mol. The molecule has 17 heavy (non-hydrogen) atoms. The first-order valence-corrected chi connectivity index (χ1v) is 6.12. The molecule has 0 aromatic carbocycles. The van der Waals surface area contributed by atoms with Gasteiger partial charge in [0, 0.05) is 17.9 Å². The molecule has 1 rings (SSSR count). The summed E-state index contributed by atoms with van der Waals surface area (Å²) in [6.07, 6.45) is 0. The molecule has 0 saturated heterocycles. The highest BCUT2D eigenvalue weighted by molar-refractivity contribution is 7.99. The van der Waals surface area contributed by atoms with E-state index < -0.39 is 4.92 Å². The van der Waals surface area contributed by atoms with Crippen LogP contribution >= 0.6 is 11.8 Å². The molecule has 1 aromatic heterocycles. The Hall–Kier alpha value is -1.34. The second-order valence-electron chi connectivity index (χ2n) is 3.45. The molecule has 0 fully saturated rings. The molecular formula is C10H15N3O3S. The molecule has 1 aromatic rings. The van der Waals surface area contributed by atoms with Crippen molar-refractivity contribution in [2.24, 2.45) is 0 Å². The lowest BCUT2D eigenvalue weighted by molar-refractivity contribution is -0.385. The van der Waals surface area contributed by atoms with Gasteiger partial charge in [0.1, 0.15) is 10.8 Å². The minimum Gasteiger partial charge on any atom is -0.395 e. The predicted octanol–water partition coefficient (Wildman–Crippen LogP) is 1.89. The third-order valence-electron chi connectivity index (χ3n) is 1.93. The van der Waals surface area contributed by atoms with Gasteiger partial charge < -0.3 is 10.4 Å². The summed E-state index contributed by atoms with van der Waals surface area (Å²) in [7, 11) is 0. The number of nitro groups is 1. The van der Waals surface area contributed by atoms with Crippen LogP contribution in [-0.4, -0.2) is 33.4 Å². The van der Waals surface area contributed by atoms with E-state index in [0.29, 0.717) is 17.4 Å². The zero-order valence-electron chi connectivity index (χ0n) is 9.71. The molecule has 0 amide bonds. The van der Waals surface area contributed by atoms with E-state index in [2.05, 4.69) is 10.3 Å². The Bertz CT molecular complexity index is 400. The molecule has 1 heterocycles. The number of hydrogen-bond acceptors (Lipinski definition) is 6. The third kappa shape index (κ3) is 4.20. The van der Waals surface area contributed by atoms with Crippen LogP contribution in [0.5, 0.6) is 0 Å². The molecule has 1 atom stereocenters. The Kier molecular flexibility index (Phi) is 5.17. The maximum Gasteiger partial charge on any atom is 0.275 e. The molecule has 0 bridgehead atoms. The molecular weight excluding hydrogens is 242 g/mol. The average Bonchev–Trinajstić information content (AvgIpc) is 2.29. The standard InChI is InChI=1S/C10H15N3O3S/c1-3-11-9-4-8(13(15)16)5-10(12-9)17-7(2)6-14/h4-5,7,14H,3,6H2,1-2H3,(H,11,12). The van der Waals surface area contributed by atoms with E-state index in [0.717, 1.165) is 0 Å². The Balaban J connectivity index is 2.99. The van der Waals surface area contributed by atoms with Crippen molar-refractivity contribution in [3.63, 3.8) is 0 Å². The number of thioether (sulfide) groups is 1. The van der Waals surface area contributed by atoms with E-state index >= 15 is 0 Å². The number of hydrogen-bond donors (Lipinski definition) is 2. The molecule has 0 aliphatic heterocycles. The number of nitrogens with one attached hydrogen (secondary N) is 1. The van der Waals surface area contributed by atoms with Crippen molar-refractivity contribution in [3.8, 4) is 0 Å². The first-order valence-electron chi connectivity index (χ1n) is 5.24. The lowest BCUT2D eigenvalue weighted by Gasteiger charge is -2.08. The summed E-state index contributed by atoms with van der Waals surface area (Å²) in [6.45, 7) is 4.38. The smallest absolute Gasteiger partial charge is 0.275 e. The fourth-order valence-corrected chi connectivity index (χ4v) is 2.00. The third-order valence-corrected chi connectivity index (χ3v) is 2.94. The summed E-state index contributed by atoms with van der Waals surface area (Å²) in [5.41, 5.74) is 0.00332. The first kappa shape index (κ1) is 13.7. The summed E-state index contributed by atoms with van der Waals surface area (Å²) in [5.74, 6) is 0.481. The lowest BCUT2D eigenvalue weighted by atomic mass is 10.4. The van der Waals surface area contributed by atoms with Gasteiger partial charge in [-0.1, -0.05) is 6.92 Å². The van der Waals surface area contributed by atoms with Gasteiger partial charge in [-0.3, -0.25) is 10.1 Å². The average molecular weight is 257 g/mol. The van der Waals surface area contributed by atoms with Crippen molar-refractivity contribution in [1.29, 1.82) is 0 Å². The van der Waals surface area contributed by atoms with Crippen molar-refractivity contribution in [2.45, 2.75) is 24.1 Å². The second kappa shape index (κ2) is 6.41. The van der Waals surface area contributed by atoms with E-state index in [1.807, 2.05) is 13.8 Å². The van der Waals surface area contributed by atoms with E-state index in [-0.39, 0.29) is 17.5 Å². The Labute approximate surface area is 104 Å². The van der Waals surface area contributed by atoms with Crippen LogP contribution in [0.3, 0.4) is 0 Å². The molecule has 0 radical (unpaired) electrons. The summed E-state index contributed by atoms with van der Waals surface area (Å²) in [4.78, 5) is 14.5. The molecule has 6 nitrogen and oxygen atoms in total. The molecule has 0 aliphatic carbocycles. The first-order chi connectivity index (χ1) is 8.06. The number of aromatic nitrogens is 1. The number of rotatable bonds is 6. The number of anilines is 1. The topological polar surface area (TPSA) is 88.3 Å². The normalized spacial score (nSPS) is 12.2. The molecule has 94 valence electrons. The number of nitrogens with zero attached hydrogens (tertiary/aromatic N) is 2. The number of aliphatic hydroxyl groups excluding tert-OH is 1. The molecule has 2 N–H and O–H groups in total. The Morgan fingerprint density at radius 1 is 1.65 bits per heavy atom. The van der Waals surface area contributed by atoms with Crippen molar-refractivity contribution in [2.75, 3.05) is 18.5 Å². The Morgan fingerprint density at radius 2 is 2.35 bits per heavy atom. The van der Waals surface area contributed by atoms with Crippen LogP contribution in [0, 0.1) is 10.1 Å². The minimum absolute atomic E-state index is 0.00332. The maximum absolute atomic E-state index is 10.8. The summed E-state index contributed by atoms with van der Waals surface area (Å²) in [6, 6.07) is 2.81. The van der Waals surface area contributed by atoms with Gasteiger partial charge in [0.15, 0.2) is 0 Å². The molecule has 0 saturated carbocycles. The van der Waals surface area contributed by atoms with Crippen LogP contribution in [0.2, 0.25) is 0 Å². The highest BCUT2D eigenvalue weighted by Gasteiger charge is 2.13. The maximum atomic E-state index is 10.8. The van der Waals surface area contributed by atoms with Crippen LogP contribution in [-0.2, 0) is 0 Å². The minimum atomic E-state index is -0.448. The van der Waals surface area contributed by atoms with Gasteiger partial charge in [-0.2, -0.15) is 0 Å². The fourth-order valence-electron chi connectivity index (χ4n) is 1.17. The van der Waals surface area contributed by atoms with Crippen LogP contribution in [0.1, 0.15) is 13.8 Å². The zero-order chi connectivity index (χ0) is 12.8. The largest absolute Gasteiger partial charge is 0.395 e. The van der Waals surface area contributed by atoms with Gasteiger partial charge in [-0.25, -0.2) is 4.98 Å². The van der Waals surface area contributed by atoms with Crippen LogP contribution in [0.4, 0.5) is 11.5 Å².